The summed E-state index contributed by atoms with van der Waals surface area (Å²) in [6, 6.07) is 6.33. The lowest BCUT2D eigenvalue weighted by Crippen LogP contribution is -2.45. The normalized spacial score (nSPS) is 31.0. The van der Waals surface area contributed by atoms with Crippen LogP contribution >= 0.6 is 0 Å². The number of allylic oxidation sites excluding steroid dienone is 3. The van der Waals surface area contributed by atoms with Gasteiger partial charge in [-0.1, -0.05) is 36.4 Å². The molecule has 1 unspecified atom stereocenters. The Morgan fingerprint density at radius 2 is 2.25 bits per heavy atom. The molecule has 1 aromatic rings. The molecular formula is C20H23NO3. The highest BCUT2D eigenvalue weighted by molar-refractivity contribution is 5.71. The number of anilines is 1. The van der Waals surface area contributed by atoms with E-state index < -0.39 is 5.97 Å². The topological polar surface area (TPSA) is 58.6 Å². The number of hydrogen-bond donors (Lipinski definition) is 2. The summed E-state index contributed by atoms with van der Waals surface area (Å²) in [4.78, 5) is 11.0. The van der Waals surface area contributed by atoms with Gasteiger partial charge < -0.3 is 15.2 Å². The summed E-state index contributed by atoms with van der Waals surface area (Å²) in [5.41, 5.74) is 3.07. The Balaban J connectivity index is 1.67. The summed E-state index contributed by atoms with van der Waals surface area (Å²) in [5.74, 6) is 0.125. The molecule has 0 amide bonds. The Morgan fingerprint density at radius 1 is 1.33 bits per heavy atom. The number of aliphatic carboxylic acids is 1. The maximum atomic E-state index is 11.0. The Hall–Kier alpha value is -2.07. The van der Waals surface area contributed by atoms with Gasteiger partial charge in [0, 0.05) is 35.7 Å². The summed E-state index contributed by atoms with van der Waals surface area (Å²) in [5, 5.41) is 12.8. The average Bonchev–Trinajstić information content (AvgIpc) is 2.61. The van der Waals surface area contributed by atoms with Crippen molar-refractivity contribution in [3.63, 3.8) is 0 Å². The number of nitrogens with one attached hydrogen (secondary N) is 1. The SMILES string of the molecule is O=C(O)Cc1ccc2c(c1)[C@H]1OCCC[C@H]1[C@H](C1C=CC=CC1)N2. The van der Waals surface area contributed by atoms with Crippen molar-refractivity contribution in [2.45, 2.75) is 37.8 Å². The van der Waals surface area contributed by atoms with Crippen molar-refractivity contribution in [3.05, 3.63) is 53.6 Å². The zero-order chi connectivity index (χ0) is 16.5. The van der Waals surface area contributed by atoms with Gasteiger partial charge in [0.2, 0.25) is 0 Å². The fourth-order valence-corrected chi connectivity index (χ4v) is 4.33. The number of ether oxygens (including phenoxy) is 1. The number of benzene rings is 1. The van der Waals surface area contributed by atoms with Gasteiger partial charge in [-0.05, 0) is 30.9 Å². The maximum Gasteiger partial charge on any atom is 0.307 e. The lowest BCUT2D eigenvalue weighted by Gasteiger charge is -2.45. The van der Waals surface area contributed by atoms with Gasteiger partial charge in [0.25, 0.3) is 0 Å². The Kier molecular flexibility index (Phi) is 4.15. The highest BCUT2D eigenvalue weighted by Gasteiger charge is 2.41. The zero-order valence-electron chi connectivity index (χ0n) is 13.7. The molecule has 0 radical (unpaired) electrons. The quantitative estimate of drug-likeness (QED) is 0.889. The molecule has 24 heavy (non-hydrogen) atoms. The van der Waals surface area contributed by atoms with Gasteiger partial charge in [0.15, 0.2) is 0 Å². The molecule has 0 saturated carbocycles. The van der Waals surface area contributed by atoms with E-state index in [1.165, 1.54) is 0 Å². The van der Waals surface area contributed by atoms with Crippen LogP contribution in [0, 0.1) is 11.8 Å². The first-order chi connectivity index (χ1) is 11.7. The van der Waals surface area contributed by atoms with Crippen molar-refractivity contribution in [3.8, 4) is 0 Å². The second-order valence-electron chi connectivity index (χ2n) is 6.97. The van der Waals surface area contributed by atoms with Gasteiger partial charge in [-0.25, -0.2) is 0 Å². The number of carbonyl (C=O) groups is 1. The van der Waals surface area contributed by atoms with Crippen LogP contribution in [0.1, 0.15) is 36.5 Å². The molecule has 0 aromatic heterocycles. The fraction of sp³-hybridized carbons (Fsp3) is 0.450. The molecule has 4 nitrogen and oxygen atoms in total. The van der Waals surface area contributed by atoms with Crippen LogP contribution in [0.4, 0.5) is 5.69 Å². The van der Waals surface area contributed by atoms with Crippen LogP contribution in [-0.4, -0.2) is 23.7 Å². The smallest absolute Gasteiger partial charge is 0.307 e. The van der Waals surface area contributed by atoms with Crippen molar-refractivity contribution in [1.82, 2.24) is 0 Å². The van der Waals surface area contributed by atoms with E-state index in [9.17, 15) is 4.79 Å². The number of rotatable bonds is 3. The third-order valence-corrected chi connectivity index (χ3v) is 5.40. The number of carboxylic acid groups (broad SMARTS) is 1. The number of carboxylic acids is 1. The van der Waals surface area contributed by atoms with E-state index in [-0.39, 0.29) is 12.5 Å². The van der Waals surface area contributed by atoms with Crippen LogP contribution in [0.15, 0.2) is 42.5 Å². The summed E-state index contributed by atoms with van der Waals surface area (Å²) in [6.07, 6.45) is 12.2. The Bertz CT molecular complexity index is 694. The molecule has 2 aliphatic heterocycles. The first-order valence-electron chi connectivity index (χ1n) is 8.78. The van der Waals surface area contributed by atoms with Gasteiger partial charge in [0.05, 0.1) is 12.5 Å². The van der Waals surface area contributed by atoms with Crippen molar-refractivity contribution < 1.29 is 14.6 Å². The minimum Gasteiger partial charge on any atom is -0.481 e. The lowest BCUT2D eigenvalue weighted by molar-refractivity contribution is -0.136. The van der Waals surface area contributed by atoms with Gasteiger partial charge in [-0.3, -0.25) is 4.79 Å². The molecular weight excluding hydrogens is 302 g/mol. The lowest BCUT2D eigenvalue weighted by atomic mass is 9.73. The van der Waals surface area contributed by atoms with Gasteiger partial charge in [-0.15, -0.1) is 0 Å². The van der Waals surface area contributed by atoms with Gasteiger partial charge >= 0.3 is 5.97 Å². The highest BCUT2D eigenvalue weighted by atomic mass is 16.5. The van der Waals surface area contributed by atoms with Crippen LogP contribution in [-0.2, 0) is 16.0 Å². The summed E-state index contributed by atoms with van der Waals surface area (Å²) in [6.45, 7) is 0.789. The van der Waals surface area contributed by atoms with E-state index in [1.54, 1.807) is 0 Å². The molecule has 1 aliphatic carbocycles. The largest absolute Gasteiger partial charge is 0.481 e. The minimum absolute atomic E-state index is 0.0598. The third-order valence-electron chi connectivity index (χ3n) is 5.40. The first kappa shape index (κ1) is 15.5. The van der Waals surface area contributed by atoms with Crippen molar-refractivity contribution >= 4 is 11.7 Å². The van der Waals surface area contributed by atoms with E-state index in [2.05, 4.69) is 29.6 Å². The zero-order valence-corrected chi connectivity index (χ0v) is 13.7. The molecule has 4 heteroatoms. The summed E-state index contributed by atoms with van der Waals surface area (Å²) in [7, 11) is 0. The monoisotopic (exact) mass is 325 g/mol. The van der Waals surface area contributed by atoms with Crippen LogP contribution in [0.5, 0.6) is 0 Å². The second kappa shape index (κ2) is 6.44. The molecule has 4 atom stereocenters. The van der Waals surface area contributed by atoms with Crippen LogP contribution in [0.3, 0.4) is 0 Å². The molecule has 1 fully saturated rings. The Labute approximate surface area is 142 Å². The predicted octanol–water partition coefficient (Wildman–Crippen LogP) is 3.71. The van der Waals surface area contributed by atoms with E-state index in [0.717, 1.165) is 42.7 Å². The van der Waals surface area contributed by atoms with Crippen LogP contribution in [0.2, 0.25) is 0 Å². The number of hydrogen-bond acceptors (Lipinski definition) is 3. The molecule has 0 bridgehead atoms. The molecule has 1 aromatic carbocycles. The average molecular weight is 325 g/mol. The summed E-state index contributed by atoms with van der Waals surface area (Å²) < 4.78 is 6.16. The summed E-state index contributed by atoms with van der Waals surface area (Å²) >= 11 is 0. The Morgan fingerprint density at radius 3 is 3.04 bits per heavy atom. The van der Waals surface area contributed by atoms with Crippen LogP contribution in [0.25, 0.3) is 0 Å². The van der Waals surface area contributed by atoms with E-state index in [4.69, 9.17) is 9.84 Å². The molecule has 126 valence electrons. The van der Waals surface area contributed by atoms with E-state index in [1.807, 2.05) is 18.2 Å². The van der Waals surface area contributed by atoms with Crippen molar-refractivity contribution in [1.29, 1.82) is 0 Å². The first-order valence-corrected chi connectivity index (χ1v) is 8.78. The second-order valence-corrected chi connectivity index (χ2v) is 6.97. The standard InChI is InChI=1S/C20H23NO3/c22-18(23)12-13-8-9-17-16(11-13)20-15(7-4-10-24-20)19(21-17)14-5-2-1-3-6-14/h1-3,5,8-9,11,14-15,19-21H,4,6-7,10,12H2,(H,22,23)/t14?,15-,19-,20-/m0/s1. The molecule has 1 saturated heterocycles. The fourth-order valence-electron chi connectivity index (χ4n) is 4.33. The van der Waals surface area contributed by atoms with Crippen molar-refractivity contribution in [2.24, 2.45) is 11.8 Å². The van der Waals surface area contributed by atoms with Gasteiger partial charge in [-0.2, -0.15) is 0 Å². The molecule has 3 aliphatic rings. The predicted molar refractivity (Wildman–Crippen MR) is 93.0 cm³/mol. The maximum absolute atomic E-state index is 11.0. The minimum atomic E-state index is -0.795. The van der Waals surface area contributed by atoms with E-state index in [0.29, 0.717) is 17.9 Å². The molecule has 4 rings (SSSR count). The highest BCUT2D eigenvalue weighted by Crippen LogP contribution is 2.46. The third kappa shape index (κ3) is 2.86. The van der Waals surface area contributed by atoms with E-state index >= 15 is 0 Å². The van der Waals surface area contributed by atoms with Gasteiger partial charge in [0.1, 0.15) is 0 Å². The molecule has 2 heterocycles. The van der Waals surface area contributed by atoms with Crippen molar-refractivity contribution in [2.75, 3.05) is 11.9 Å². The van der Waals surface area contributed by atoms with Crippen LogP contribution < -0.4 is 5.32 Å². The number of fused-ring (bicyclic) bond motifs is 3. The molecule has 2 N–H and O–H groups in total. The molecule has 0 spiro atoms.